The molecule has 0 unspecified atom stereocenters. The van der Waals surface area contributed by atoms with E-state index < -0.39 is 27.8 Å². The summed E-state index contributed by atoms with van der Waals surface area (Å²) in [7, 11) is -4.02. The van der Waals surface area contributed by atoms with Crippen LogP contribution in [0.15, 0.2) is 77.7 Å². The van der Waals surface area contributed by atoms with Crippen LogP contribution in [0.2, 0.25) is 0 Å². The highest BCUT2D eigenvalue weighted by Crippen LogP contribution is 2.29. The average molecular weight is 749 g/mol. The van der Waals surface area contributed by atoms with Gasteiger partial charge in [-0.05, 0) is 105 Å². The minimum atomic E-state index is -4.02. The van der Waals surface area contributed by atoms with Crippen LogP contribution in [0.25, 0.3) is 11.1 Å². The number of nitrogens with zero attached hydrogens (tertiary/aromatic N) is 3. The zero-order chi connectivity index (χ0) is 37.6. The third-order valence-electron chi connectivity index (χ3n) is 10.4. The Labute approximate surface area is 313 Å². The quantitative estimate of drug-likeness (QED) is 0.242. The molecule has 53 heavy (non-hydrogen) atoms. The van der Waals surface area contributed by atoms with Gasteiger partial charge in [-0.15, -0.1) is 0 Å². The Bertz CT molecular complexity index is 1780. The third-order valence-corrected chi connectivity index (χ3v) is 12.3. The molecule has 0 aromatic heterocycles. The van der Waals surface area contributed by atoms with Gasteiger partial charge in [0.05, 0.1) is 11.5 Å². The van der Waals surface area contributed by atoms with Crippen molar-refractivity contribution < 1.29 is 31.9 Å². The summed E-state index contributed by atoms with van der Waals surface area (Å²) in [5, 5.41) is 2.91. The van der Waals surface area contributed by atoms with Gasteiger partial charge in [-0.1, -0.05) is 55.7 Å². The standard InChI is InChI=1S/C41H53FN4O6S/c1-41(2,3)52-40(48)43-35-21-23-45(24-22-35)39(47)38-28-44(27-30-9-11-32(12-10-30)33-13-15-34(42)16-14-33)25-26-46(38)53(49,50)37-19-17-36(18-20-37)51-29-31-7-5-4-6-8-31/h9-20,31,35,38H,4-8,21-29H2,1-3H3,(H,43,48)/t38-/m0/s1. The number of hydrogen-bond acceptors (Lipinski definition) is 7. The van der Waals surface area contributed by atoms with Gasteiger partial charge in [-0.25, -0.2) is 17.6 Å². The minimum Gasteiger partial charge on any atom is -0.493 e. The maximum absolute atomic E-state index is 14.3. The van der Waals surface area contributed by atoms with Crippen molar-refractivity contribution in [2.75, 3.05) is 39.3 Å². The molecule has 1 N–H and O–H groups in total. The van der Waals surface area contributed by atoms with Crippen LogP contribution in [-0.2, 0) is 26.1 Å². The Morgan fingerprint density at radius 2 is 1.43 bits per heavy atom. The molecule has 3 aliphatic rings. The Balaban J connectivity index is 1.15. The lowest BCUT2D eigenvalue weighted by molar-refractivity contribution is -0.138. The van der Waals surface area contributed by atoms with Crippen LogP contribution in [0.5, 0.6) is 5.75 Å². The molecule has 1 saturated carbocycles. The van der Waals surface area contributed by atoms with Crippen LogP contribution >= 0.6 is 0 Å². The number of carbonyl (C=O) groups excluding carboxylic acids is 2. The highest BCUT2D eigenvalue weighted by molar-refractivity contribution is 7.89. The Hall–Kier alpha value is -4.00. The number of benzene rings is 3. The highest BCUT2D eigenvalue weighted by atomic mass is 32.2. The zero-order valence-electron chi connectivity index (χ0n) is 31.1. The Kier molecular flexibility index (Phi) is 12.4. The summed E-state index contributed by atoms with van der Waals surface area (Å²) >= 11 is 0. The molecule has 3 aromatic rings. The van der Waals surface area contributed by atoms with Gasteiger partial charge in [-0.2, -0.15) is 4.31 Å². The molecule has 1 atom stereocenters. The fourth-order valence-corrected chi connectivity index (χ4v) is 9.06. The van der Waals surface area contributed by atoms with E-state index in [1.54, 1.807) is 41.3 Å². The predicted octanol–water partition coefficient (Wildman–Crippen LogP) is 6.84. The molecule has 10 nitrogen and oxygen atoms in total. The van der Waals surface area contributed by atoms with Gasteiger partial charge in [0.2, 0.25) is 15.9 Å². The normalized spacial score (nSPS) is 19.8. The van der Waals surface area contributed by atoms with E-state index >= 15 is 0 Å². The summed E-state index contributed by atoms with van der Waals surface area (Å²) in [6, 6.07) is 19.9. The lowest BCUT2D eigenvalue weighted by atomic mass is 9.90. The van der Waals surface area contributed by atoms with E-state index in [9.17, 15) is 22.4 Å². The number of halogens is 1. The first-order chi connectivity index (χ1) is 25.3. The first-order valence-corrected chi connectivity index (χ1v) is 20.4. The lowest BCUT2D eigenvalue weighted by Crippen LogP contribution is -2.61. The summed E-state index contributed by atoms with van der Waals surface area (Å²) in [5.41, 5.74) is 2.29. The number of amides is 2. The highest BCUT2D eigenvalue weighted by Gasteiger charge is 2.42. The summed E-state index contributed by atoms with van der Waals surface area (Å²) in [4.78, 5) is 30.7. The van der Waals surface area contributed by atoms with E-state index in [-0.39, 0.29) is 35.8 Å². The first-order valence-electron chi connectivity index (χ1n) is 18.9. The molecule has 3 fully saturated rings. The number of ether oxygens (including phenoxy) is 2. The first kappa shape index (κ1) is 38.7. The monoisotopic (exact) mass is 748 g/mol. The molecule has 6 rings (SSSR count). The molecule has 2 saturated heterocycles. The van der Waals surface area contributed by atoms with Crippen molar-refractivity contribution in [3.8, 4) is 16.9 Å². The molecule has 0 bridgehead atoms. The molecule has 0 radical (unpaired) electrons. The van der Waals surface area contributed by atoms with Crippen molar-refractivity contribution in [2.45, 2.75) is 94.8 Å². The average Bonchev–Trinajstić information content (AvgIpc) is 3.14. The van der Waals surface area contributed by atoms with Gasteiger partial charge in [-0.3, -0.25) is 9.69 Å². The topological polar surface area (TPSA) is 108 Å². The molecular weight excluding hydrogens is 696 g/mol. The number of likely N-dealkylation sites (tertiary alicyclic amines) is 1. The van der Waals surface area contributed by atoms with E-state index in [1.807, 2.05) is 45.0 Å². The van der Waals surface area contributed by atoms with Crippen molar-refractivity contribution in [3.05, 3.63) is 84.2 Å². The molecular formula is C41H53FN4O6S. The number of nitrogens with one attached hydrogen (secondary N) is 1. The number of hydrogen-bond donors (Lipinski definition) is 1. The number of carbonyl (C=O) groups is 2. The third kappa shape index (κ3) is 10.4. The molecule has 12 heteroatoms. The molecule has 2 amide bonds. The van der Waals surface area contributed by atoms with Gasteiger partial charge in [0.15, 0.2) is 0 Å². The van der Waals surface area contributed by atoms with Gasteiger partial charge in [0.25, 0.3) is 0 Å². The van der Waals surface area contributed by atoms with Gasteiger partial charge >= 0.3 is 6.09 Å². The van der Waals surface area contributed by atoms with Crippen LogP contribution in [-0.4, -0.2) is 91.5 Å². The van der Waals surface area contributed by atoms with Crippen molar-refractivity contribution in [1.82, 2.24) is 19.4 Å². The number of alkyl carbamates (subject to hydrolysis) is 1. The molecule has 0 spiro atoms. The SMILES string of the molecule is CC(C)(C)OC(=O)NC1CCN(C(=O)[C@@H]2CN(Cc3ccc(-c4ccc(F)cc4)cc3)CCN2S(=O)(=O)c2ccc(OCC3CCCCC3)cc2)CC1. The predicted molar refractivity (Wildman–Crippen MR) is 202 cm³/mol. The molecule has 286 valence electrons. The number of rotatable bonds is 10. The van der Waals surface area contributed by atoms with E-state index in [2.05, 4.69) is 10.2 Å². The molecule has 3 aromatic carbocycles. The second-order valence-electron chi connectivity index (χ2n) is 15.6. The largest absolute Gasteiger partial charge is 0.493 e. The Morgan fingerprint density at radius 3 is 2.06 bits per heavy atom. The maximum atomic E-state index is 14.3. The fourth-order valence-electron chi connectivity index (χ4n) is 7.50. The van der Waals surface area contributed by atoms with Crippen molar-refractivity contribution in [3.63, 3.8) is 0 Å². The van der Waals surface area contributed by atoms with Gasteiger partial charge < -0.3 is 19.7 Å². The van der Waals surface area contributed by atoms with E-state index in [4.69, 9.17) is 9.47 Å². The summed E-state index contributed by atoms with van der Waals surface area (Å²) in [6.07, 6.45) is 6.63. The van der Waals surface area contributed by atoms with Crippen LogP contribution in [0.3, 0.4) is 0 Å². The van der Waals surface area contributed by atoms with E-state index in [1.165, 1.54) is 35.7 Å². The maximum Gasteiger partial charge on any atom is 0.407 e. The smallest absolute Gasteiger partial charge is 0.407 e. The number of sulfonamides is 1. The van der Waals surface area contributed by atoms with Crippen molar-refractivity contribution in [1.29, 1.82) is 0 Å². The van der Waals surface area contributed by atoms with Gasteiger partial charge in [0.1, 0.15) is 23.2 Å². The van der Waals surface area contributed by atoms with Gasteiger partial charge in [0, 0.05) is 45.3 Å². The van der Waals surface area contributed by atoms with Crippen LogP contribution in [0, 0.1) is 11.7 Å². The minimum absolute atomic E-state index is 0.130. The number of piperidine rings is 1. The van der Waals surface area contributed by atoms with Crippen LogP contribution < -0.4 is 10.1 Å². The van der Waals surface area contributed by atoms with E-state index in [0.29, 0.717) is 57.3 Å². The zero-order valence-corrected chi connectivity index (χ0v) is 32.0. The van der Waals surface area contributed by atoms with E-state index in [0.717, 1.165) is 29.5 Å². The van der Waals surface area contributed by atoms with Crippen molar-refractivity contribution >= 4 is 22.0 Å². The summed E-state index contributed by atoms with van der Waals surface area (Å²) in [6.45, 7) is 8.22. The second-order valence-corrected chi connectivity index (χ2v) is 17.5. The molecule has 1 aliphatic carbocycles. The lowest BCUT2D eigenvalue weighted by Gasteiger charge is -2.42. The van der Waals surface area contributed by atoms with Crippen LogP contribution in [0.1, 0.15) is 71.3 Å². The summed E-state index contributed by atoms with van der Waals surface area (Å²) < 4.78 is 54.8. The molecule has 2 heterocycles. The second kappa shape index (κ2) is 17.0. The summed E-state index contributed by atoms with van der Waals surface area (Å²) in [5.74, 6) is 0.642. The van der Waals surface area contributed by atoms with Crippen molar-refractivity contribution in [2.24, 2.45) is 5.92 Å². The Morgan fingerprint density at radius 1 is 0.811 bits per heavy atom. The fraction of sp³-hybridized carbons (Fsp3) is 0.512. The number of piperazine rings is 1. The van der Waals surface area contributed by atoms with Crippen LogP contribution in [0.4, 0.5) is 9.18 Å². The molecule has 2 aliphatic heterocycles.